The van der Waals surface area contributed by atoms with Gasteiger partial charge in [-0.3, -0.25) is 4.79 Å². The lowest BCUT2D eigenvalue weighted by Gasteiger charge is -2.24. The highest BCUT2D eigenvalue weighted by atomic mass is 35.5. The second-order valence-corrected chi connectivity index (χ2v) is 5.15. The second kappa shape index (κ2) is 5.72. The molecule has 0 N–H and O–H groups in total. The fourth-order valence-corrected chi connectivity index (χ4v) is 2.55. The van der Waals surface area contributed by atoms with Crippen LogP contribution in [-0.4, -0.2) is 32.1 Å². The Hall–Kier alpha value is -1.06. The number of hydrogen-bond donors (Lipinski definition) is 0. The Kier molecular flexibility index (Phi) is 4.25. The maximum atomic E-state index is 11.3. The molecule has 0 bridgehead atoms. The molecule has 4 heteroatoms. The molecule has 1 aromatic carbocycles. The molecule has 1 heterocycles. The number of carbonyl (C=O) groups excluding carboxylic acids is 1. The minimum absolute atomic E-state index is 0.0326. The second-order valence-electron chi connectivity index (χ2n) is 4.74. The first-order valence-electron chi connectivity index (χ1n) is 6.21. The zero-order valence-corrected chi connectivity index (χ0v) is 11.5. The predicted molar refractivity (Wildman–Crippen MR) is 73.7 cm³/mol. The highest BCUT2D eigenvalue weighted by Crippen LogP contribution is 2.27. The van der Waals surface area contributed by atoms with Gasteiger partial charge < -0.3 is 9.64 Å². The molecule has 1 aromatic rings. The topological polar surface area (TPSA) is 29.5 Å². The number of halogens is 1. The molecule has 0 saturated carbocycles. The van der Waals surface area contributed by atoms with Crippen molar-refractivity contribution in [3.05, 3.63) is 28.8 Å². The summed E-state index contributed by atoms with van der Waals surface area (Å²) in [7, 11) is 2.00. The van der Waals surface area contributed by atoms with E-state index < -0.39 is 0 Å². The smallest absolute Gasteiger partial charge is 0.159 e. The highest BCUT2D eigenvalue weighted by Gasteiger charge is 2.18. The van der Waals surface area contributed by atoms with Crippen molar-refractivity contribution in [3.8, 4) is 0 Å². The Labute approximate surface area is 113 Å². The van der Waals surface area contributed by atoms with E-state index in [1.165, 1.54) is 0 Å². The lowest BCUT2D eigenvalue weighted by atomic mass is 10.1. The van der Waals surface area contributed by atoms with Crippen molar-refractivity contribution in [1.82, 2.24) is 0 Å². The number of ether oxygens (including phenoxy) is 1. The molecule has 18 heavy (non-hydrogen) atoms. The van der Waals surface area contributed by atoms with Crippen LogP contribution in [0.15, 0.2) is 18.2 Å². The number of ketones is 1. The van der Waals surface area contributed by atoms with Crippen molar-refractivity contribution in [2.45, 2.75) is 25.9 Å². The van der Waals surface area contributed by atoms with Crippen LogP contribution < -0.4 is 4.90 Å². The molecule has 0 radical (unpaired) electrons. The van der Waals surface area contributed by atoms with Crippen LogP contribution in [0.1, 0.15) is 30.1 Å². The normalized spacial score (nSPS) is 18.9. The van der Waals surface area contributed by atoms with E-state index in [-0.39, 0.29) is 5.78 Å². The predicted octanol–water partition coefficient (Wildman–Crippen LogP) is 3.16. The van der Waals surface area contributed by atoms with E-state index in [0.29, 0.717) is 16.7 Å². The number of Topliss-reactive ketones (excluding diaryl/α,β-unsaturated/α-hetero) is 1. The lowest BCUT2D eigenvalue weighted by Crippen LogP contribution is -2.28. The van der Waals surface area contributed by atoms with E-state index >= 15 is 0 Å². The number of likely N-dealkylation sites (N-methyl/N-ethyl adjacent to an activating group) is 1. The summed E-state index contributed by atoms with van der Waals surface area (Å²) in [4.78, 5) is 13.4. The summed E-state index contributed by atoms with van der Waals surface area (Å²) in [6, 6.07) is 5.44. The zero-order valence-electron chi connectivity index (χ0n) is 10.8. The first kappa shape index (κ1) is 13.4. The summed E-state index contributed by atoms with van der Waals surface area (Å²) in [6.45, 7) is 3.23. The zero-order chi connectivity index (χ0) is 13.1. The Morgan fingerprint density at radius 1 is 1.56 bits per heavy atom. The number of nitrogens with zero attached hydrogens (tertiary/aromatic N) is 1. The average molecular weight is 268 g/mol. The molecule has 1 aliphatic rings. The summed E-state index contributed by atoms with van der Waals surface area (Å²) in [5.41, 5.74) is 1.59. The van der Waals surface area contributed by atoms with Gasteiger partial charge in [0.15, 0.2) is 5.78 Å². The Bertz CT molecular complexity index is 441. The number of hydrogen-bond acceptors (Lipinski definition) is 3. The monoisotopic (exact) mass is 267 g/mol. The van der Waals surface area contributed by atoms with E-state index in [2.05, 4.69) is 4.90 Å². The molecule has 1 unspecified atom stereocenters. The van der Waals surface area contributed by atoms with E-state index in [0.717, 1.165) is 31.7 Å². The summed E-state index contributed by atoms with van der Waals surface area (Å²) in [5, 5.41) is 0.614. The fourth-order valence-electron chi connectivity index (χ4n) is 2.23. The van der Waals surface area contributed by atoms with E-state index in [1.54, 1.807) is 13.0 Å². The molecule has 0 aliphatic carbocycles. The third-order valence-corrected chi connectivity index (χ3v) is 3.57. The number of benzene rings is 1. The van der Waals surface area contributed by atoms with Gasteiger partial charge in [-0.1, -0.05) is 11.6 Å². The molecule has 0 amide bonds. The fraction of sp³-hybridized carbons (Fsp3) is 0.500. The maximum Gasteiger partial charge on any atom is 0.159 e. The average Bonchev–Trinajstić information content (AvgIpc) is 2.81. The molecule has 1 atom stereocenters. The number of carbonyl (C=O) groups is 1. The van der Waals surface area contributed by atoms with Gasteiger partial charge in [0, 0.05) is 25.8 Å². The van der Waals surface area contributed by atoms with Crippen LogP contribution in [0.5, 0.6) is 0 Å². The van der Waals surface area contributed by atoms with Crippen LogP contribution in [-0.2, 0) is 4.74 Å². The molecule has 98 valence electrons. The van der Waals surface area contributed by atoms with Gasteiger partial charge in [-0.2, -0.15) is 0 Å². The summed E-state index contributed by atoms with van der Waals surface area (Å²) in [5.74, 6) is 0.0326. The van der Waals surface area contributed by atoms with Crippen molar-refractivity contribution in [2.75, 3.05) is 25.1 Å². The Morgan fingerprint density at radius 2 is 2.33 bits per heavy atom. The van der Waals surface area contributed by atoms with Crippen molar-refractivity contribution >= 4 is 23.1 Å². The first-order valence-corrected chi connectivity index (χ1v) is 6.59. The largest absolute Gasteiger partial charge is 0.376 e. The summed E-state index contributed by atoms with van der Waals surface area (Å²) < 4.78 is 5.61. The third kappa shape index (κ3) is 3.03. The first-order chi connectivity index (χ1) is 8.58. The molecule has 0 aromatic heterocycles. The van der Waals surface area contributed by atoms with Gasteiger partial charge in [-0.15, -0.1) is 0 Å². The van der Waals surface area contributed by atoms with E-state index in [9.17, 15) is 4.79 Å². The minimum Gasteiger partial charge on any atom is -0.376 e. The molecule has 1 aliphatic heterocycles. The number of rotatable bonds is 4. The van der Waals surface area contributed by atoms with E-state index in [1.807, 2.05) is 19.2 Å². The van der Waals surface area contributed by atoms with Crippen LogP contribution in [0.4, 0.5) is 5.69 Å². The van der Waals surface area contributed by atoms with Gasteiger partial charge in [0.2, 0.25) is 0 Å². The summed E-state index contributed by atoms with van der Waals surface area (Å²) >= 11 is 6.22. The van der Waals surface area contributed by atoms with Crippen LogP contribution in [0.3, 0.4) is 0 Å². The quantitative estimate of drug-likeness (QED) is 0.785. The van der Waals surface area contributed by atoms with Crippen molar-refractivity contribution in [1.29, 1.82) is 0 Å². The SMILES string of the molecule is CC(=O)c1ccc(N(C)CC2CCCO2)c(Cl)c1. The van der Waals surface area contributed by atoms with Gasteiger partial charge in [0.1, 0.15) is 0 Å². The van der Waals surface area contributed by atoms with Gasteiger partial charge in [-0.25, -0.2) is 0 Å². The summed E-state index contributed by atoms with van der Waals surface area (Å²) in [6.07, 6.45) is 2.53. The molecule has 0 spiro atoms. The van der Waals surface area contributed by atoms with Gasteiger partial charge in [0.25, 0.3) is 0 Å². The molecule has 2 rings (SSSR count). The number of anilines is 1. The standard InChI is InChI=1S/C14H18ClNO2/c1-10(17)11-5-6-14(13(15)8-11)16(2)9-12-4-3-7-18-12/h5-6,8,12H,3-4,7,9H2,1-2H3. The Balaban J connectivity index is 2.09. The highest BCUT2D eigenvalue weighted by molar-refractivity contribution is 6.33. The van der Waals surface area contributed by atoms with Crippen molar-refractivity contribution in [2.24, 2.45) is 0 Å². The van der Waals surface area contributed by atoms with E-state index in [4.69, 9.17) is 16.3 Å². The third-order valence-electron chi connectivity index (χ3n) is 3.27. The lowest BCUT2D eigenvalue weighted by molar-refractivity contribution is 0.101. The minimum atomic E-state index is 0.0326. The maximum absolute atomic E-state index is 11.3. The van der Waals surface area contributed by atoms with Crippen LogP contribution >= 0.6 is 11.6 Å². The van der Waals surface area contributed by atoms with Gasteiger partial charge >= 0.3 is 0 Å². The van der Waals surface area contributed by atoms with Crippen molar-refractivity contribution < 1.29 is 9.53 Å². The Morgan fingerprint density at radius 3 is 2.89 bits per heavy atom. The van der Waals surface area contributed by atoms with Gasteiger partial charge in [-0.05, 0) is 38.0 Å². The molecule has 1 fully saturated rings. The van der Waals surface area contributed by atoms with Crippen LogP contribution in [0.2, 0.25) is 5.02 Å². The van der Waals surface area contributed by atoms with Crippen LogP contribution in [0, 0.1) is 0 Å². The molecule has 1 saturated heterocycles. The molecular weight excluding hydrogens is 250 g/mol. The molecular formula is C14H18ClNO2. The van der Waals surface area contributed by atoms with Crippen LogP contribution in [0.25, 0.3) is 0 Å². The van der Waals surface area contributed by atoms with Crippen molar-refractivity contribution in [3.63, 3.8) is 0 Å². The molecule has 3 nitrogen and oxygen atoms in total. The van der Waals surface area contributed by atoms with Gasteiger partial charge in [0.05, 0.1) is 16.8 Å².